The summed E-state index contributed by atoms with van der Waals surface area (Å²) in [5.41, 5.74) is 8.66. The molecule has 2 aromatic heterocycles. The van der Waals surface area contributed by atoms with Gasteiger partial charge < -0.3 is 5.11 Å². The largest absolute Gasteiger partial charge is 0.507 e. The van der Waals surface area contributed by atoms with Gasteiger partial charge in [0.1, 0.15) is 10.8 Å². The number of para-hydroxylation sites is 2. The number of pyridine rings is 1. The van der Waals surface area contributed by atoms with Gasteiger partial charge in [0, 0.05) is 37.7 Å². The van der Waals surface area contributed by atoms with E-state index in [4.69, 9.17) is 9.97 Å². The van der Waals surface area contributed by atoms with E-state index < -0.39 is 0 Å². The van der Waals surface area contributed by atoms with Gasteiger partial charge in [-0.3, -0.25) is 4.98 Å². The molecule has 0 unspecified atom stereocenters. The fraction of sp³-hybridized carbons (Fsp3) is 0.143. The summed E-state index contributed by atoms with van der Waals surface area (Å²) in [7, 11) is 0. The van der Waals surface area contributed by atoms with E-state index in [-0.39, 0.29) is 26.8 Å². The van der Waals surface area contributed by atoms with Gasteiger partial charge in [-0.05, 0) is 55.5 Å². The maximum atomic E-state index is 10.3. The standard InChI is InChI=1S/C28H21N2OS.Pt/c31-24-13-4-3-11-23(24)28-30-27-22(12-6-14-25(27)32-28)19-8-5-9-20(17-19)26-21-10-2-1-7-18(21)15-16-29-26;/h3-6,8-9,11-16,31H,1-2,7,10H2;/q-1;. The average Bonchev–Trinajstić information content (AvgIpc) is 3.28. The third-order valence-corrected chi connectivity index (χ3v) is 7.22. The zero-order valence-corrected chi connectivity index (χ0v) is 20.9. The number of phenols is 1. The van der Waals surface area contributed by atoms with Gasteiger partial charge in [0.05, 0.1) is 11.1 Å². The van der Waals surface area contributed by atoms with Crippen LogP contribution in [0.1, 0.15) is 24.0 Å². The van der Waals surface area contributed by atoms with Crippen LogP contribution in [0.4, 0.5) is 0 Å². The molecule has 0 bridgehead atoms. The van der Waals surface area contributed by atoms with Gasteiger partial charge in [0.2, 0.25) is 0 Å². The van der Waals surface area contributed by atoms with E-state index in [0.29, 0.717) is 0 Å². The van der Waals surface area contributed by atoms with Gasteiger partial charge in [-0.25, -0.2) is 4.98 Å². The molecule has 166 valence electrons. The summed E-state index contributed by atoms with van der Waals surface area (Å²) >= 11 is 1.60. The molecule has 33 heavy (non-hydrogen) atoms. The number of hydrogen-bond donors (Lipinski definition) is 1. The molecule has 0 radical (unpaired) electrons. The Balaban J connectivity index is 0.00000228. The average molecular weight is 629 g/mol. The summed E-state index contributed by atoms with van der Waals surface area (Å²) in [6, 6.07) is 25.7. The van der Waals surface area contributed by atoms with Crippen molar-refractivity contribution in [3.63, 3.8) is 0 Å². The Hall–Kier alpha value is -2.81. The van der Waals surface area contributed by atoms with Crippen LogP contribution in [0.5, 0.6) is 5.75 Å². The van der Waals surface area contributed by atoms with Crippen molar-refractivity contribution in [2.45, 2.75) is 25.7 Å². The van der Waals surface area contributed by atoms with Gasteiger partial charge in [-0.15, -0.1) is 41.2 Å². The van der Waals surface area contributed by atoms with Crippen molar-refractivity contribution in [3.8, 4) is 38.7 Å². The number of hydrogen-bond acceptors (Lipinski definition) is 4. The second-order valence-electron chi connectivity index (χ2n) is 8.17. The molecule has 6 rings (SSSR count). The molecule has 5 aromatic rings. The van der Waals surface area contributed by atoms with Gasteiger partial charge >= 0.3 is 0 Å². The fourth-order valence-corrected chi connectivity index (χ4v) is 5.62. The SMILES string of the molecule is Oc1ccccc1-c1nc2c(-c3[c-]c(-c4nccc5c4CCCC5)ccc3)cccc2s1.[Pt]. The molecule has 0 saturated heterocycles. The first kappa shape index (κ1) is 22.0. The van der Waals surface area contributed by atoms with Crippen LogP contribution in [0.25, 0.3) is 43.2 Å². The summed E-state index contributed by atoms with van der Waals surface area (Å²) < 4.78 is 1.09. The Bertz CT molecular complexity index is 1460. The summed E-state index contributed by atoms with van der Waals surface area (Å²) in [5.74, 6) is 0.251. The topological polar surface area (TPSA) is 46.0 Å². The maximum absolute atomic E-state index is 10.3. The Morgan fingerprint density at radius 3 is 2.52 bits per heavy atom. The predicted octanol–water partition coefficient (Wildman–Crippen LogP) is 7.07. The monoisotopic (exact) mass is 628 g/mol. The second kappa shape index (κ2) is 9.21. The molecule has 0 fully saturated rings. The smallest absolute Gasteiger partial charge is 0.127 e. The normalized spacial score (nSPS) is 12.8. The molecule has 2 heterocycles. The van der Waals surface area contributed by atoms with E-state index in [2.05, 4.69) is 48.5 Å². The Labute approximate surface area is 211 Å². The van der Waals surface area contributed by atoms with Crippen LogP contribution in [-0.2, 0) is 33.9 Å². The zero-order chi connectivity index (χ0) is 21.5. The van der Waals surface area contributed by atoms with Crippen molar-refractivity contribution in [2.75, 3.05) is 0 Å². The van der Waals surface area contributed by atoms with Crippen LogP contribution in [0, 0.1) is 6.07 Å². The molecule has 1 aliphatic carbocycles. The van der Waals surface area contributed by atoms with E-state index in [0.717, 1.165) is 56.0 Å². The van der Waals surface area contributed by atoms with Crippen LogP contribution in [0.3, 0.4) is 0 Å². The van der Waals surface area contributed by atoms with E-state index in [9.17, 15) is 5.11 Å². The molecule has 3 aromatic carbocycles. The minimum absolute atomic E-state index is 0. The molecule has 0 saturated carbocycles. The summed E-state index contributed by atoms with van der Waals surface area (Å²) in [4.78, 5) is 9.66. The number of benzene rings is 3. The number of rotatable bonds is 3. The van der Waals surface area contributed by atoms with Gasteiger partial charge in [-0.2, -0.15) is 0 Å². The number of fused-ring (bicyclic) bond motifs is 2. The van der Waals surface area contributed by atoms with Gasteiger partial charge in [-0.1, -0.05) is 41.0 Å². The number of thiazole rings is 1. The van der Waals surface area contributed by atoms with Gasteiger partial charge in [0.25, 0.3) is 0 Å². The fourth-order valence-electron chi connectivity index (χ4n) is 4.59. The number of nitrogens with zero attached hydrogens (tertiary/aromatic N) is 2. The predicted molar refractivity (Wildman–Crippen MR) is 131 cm³/mol. The van der Waals surface area contributed by atoms with Gasteiger partial charge in [0.15, 0.2) is 0 Å². The Kier molecular flexibility index (Phi) is 6.14. The van der Waals surface area contributed by atoms with Crippen molar-refractivity contribution < 1.29 is 26.2 Å². The summed E-state index contributed by atoms with van der Waals surface area (Å²) in [6.45, 7) is 0. The number of aromatic hydroxyl groups is 1. The van der Waals surface area contributed by atoms with E-state index in [1.54, 1.807) is 17.4 Å². The minimum Gasteiger partial charge on any atom is -0.507 e. The molecular weight excluding hydrogens is 607 g/mol. The molecule has 5 heteroatoms. The van der Waals surface area contributed by atoms with E-state index >= 15 is 0 Å². The quantitative estimate of drug-likeness (QED) is 0.218. The third-order valence-electron chi connectivity index (χ3n) is 6.17. The van der Waals surface area contributed by atoms with E-state index in [1.165, 1.54) is 24.0 Å². The van der Waals surface area contributed by atoms with Crippen molar-refractivity contribution in [1.82, 2.24) is 9.97 Å². The molecule has 0 aliphatic heterocycles. The van der Waals surface area contributed by atoms with E-state index in [1.807, 2.05) is 24.4 Å². The Morgan fingerprint density at radius 1 is 0.818 bits per heavy atom. The van der Waals surface area contributed by atoms with Crippen LogP contribution < -0.4 is 0 Å². The van der Waals surface area contributed by atoms with Crippen molar-refractivity contribution in [1.29, 1.82) is 0 Å². The third kappa shape index (κ3) is 4.03. The number of phenolic OH excluding ortho intramolecular Hbond substituents is 1. The molecule has 0 atom stereocenters. The second-order valence-corrected chi connectivity index (χ2v) is 9.20. The summed E-state index contributed by atoms with van der Waals surface area (Å²) in [5, 5.41) is 11.1. The van der Waals surface area contributed by atoms with Crippen LogP contribution in [0.2, 0.25) is 0 Å². The zero-order valence-electron chi connectivity index (χ0n) is 17.8. The van der Waals surface area contributed by atoms with Crippen molar-refractivity contribution in [2.24, 2.45) is 0 Å². The first-order valence-electron chi connectivity index (χ1n) is 11.0. The number of aryl methyl sites for hydroxylation is 1. The minimum atomic E-state index is 0. The van der Waals surface area contributed by atoms with Crippen LogP contribution >= 0.6 is 11.3 Å². The van der Waals surface area contributed by atoms with Crippen molar-refractivity contribution >= 4 is 21.6 Å². The number of aromatic nitrogens is 2. The maximum Gasteiger partial charge on any atom is 0.127 e. The molecule has 0 amide bonds. The first-order chi connectivity index (χ1) is 15.8. The molecule has 1 N–H and O–H groups in total. The Morgan fingerprint density at radius 2 is 1.61 bits per heavy atom. The molecule has 0 spiro atoms. The molecule has 3 nitrogen and oxygen atoms in total. The molecular formula is C28H21N2OPtS-. The van der Waals surface area contributed by atoms with Crippen LogP contribution in [-0.4, -0.2) is 15.1 Å². The molecule has 1 aliphatic rings. The van der Waals surface area contributed by atoms with Crippen LogP contribution in [0.15, 0.2) is 72.9 Å². The van der Waals surface area contributed by atoms with Crippen molar-refractivity contribution in [3.05, 3.63) is 90.1 Å². The summed E-state index contributed by atoms with van der Waals surface area (Å²) in [6.07, 6.45) is 6.63. The first-order valence-corrected chi connectivity index (χ1v) is 11.8.